The summed E-state index contributed by atoms with van der Waals surface area (Å²) >= 11 is 6.28. The van der Waals surface area contributed by atoms with Crippen LogP contribution < -0.4 is 4.74 Å². The van der Waals surface area contributed by atoms with E-state index in [1.165, 1.54) is 42.2 Å². The van der Waals surface area contributed by atoms with Crippen molar-refractivity contribution < 1.29 is 42.3 Å². The second-order valence-corrected chi connectivity index (χ2v) is 14.3. The molecule has 1 aliphatic heterocycles. The maximum absolute atomic E-state index is 15.7. The topological polar surface area (TPSA) is 152 Å². The fourth-order valence-electron chi connectivity index (χ4n) is 6.27. The molecule has 0 saturated carbocycles. The molecule has 11 nitrogen and oxygen atoms in total. The molecule has 2 atom stereocenters. The molecule has 0 radical (unpaired) electrons. The Balaban J connectivity index is 1.31. The van der Waals surface area contributed by atoms with Gasteiger partial charge in [-0.25, -0.2) is 18.7 Å². The minimum absolute atomic E-state index is 0.0271. The molecule has 2 N–H and O–H groups in total. The molecule has 0 aliphatic carbocycles. The predicted molar refractivity (Wildman–Crippen MR) is 186 cm³/mol. The normalized spacial score (nSPS) is 16.1. The average molecular weight is 737 g/mol. The first kappa shape index (κ1) is 36.0. The number of Topliss-reactive ketones (excluding diaryl/α,β-unsaturated/α-hetero) is 2. The first-order chi connectivity index (χ1) is 24.2. The fourth-order valence-corrected chi connectivity index (χ4v) is 6.82. The summed E-state index contributed by atoms with van der Waals surface area (Å²) in [6.45, 7) is 2.26. The number of carbonyl (C=O) groups is 3. The van der Waals surface area contributed by atoms with E-state index in [0.717, 1.165) is 4.90 Å². The van der Waals surface area contributed by atoms with E-state index in [9.17, 15) is 33.1 Å². The SMILES string of the molecule is CC(=O)c1cn(CC(=O)N2C[C@H](F)C[C@H]2C(=O)Cc2cccc(-c3ccccc3Cl)c2F)c2cc(OCP(=O)(O)O)c(-c3cnc(C)nc3)cc12. The summed E-state index contributed by atoms with van der Waals surface area (Å²) in [5.74, 6) is -1.63. The van der Waals surface area contributed by atoms with E-state index >= 15 is 4.39 Å². The van der Waals surface area contributed by atoms with Gasteiger partial charge in [0.15, 0.2) is 17.9 Å². The summed E-state index contributed by atoms with van der Waals surface area (Å²) in [6, 6.07) is 13.2. The van der Waals surface area contributed by atoms with Crippen molar-refractivity contribution in [1.29, 1.82) is 0 Å². The predicted octanol–water partition coefficient (Wildman–Crippen LogP) is 6.33. The molecule has 1 amide bonds. The molecule has 1 saturated heterocycles. The van der Waals surface area contributed by atoms with Crippen molar-refractivity contribution in [3.8, 4) is 28.0 Å². The highest BCUT2D eigenvalue weighted by molar-refractivity contribution is 7.51. The van der Waals surface area contributed by atoms with Crippen LogP contribution in [0.15, 0.2) is 73.2 Å². The van der Waals surface area contributed by atoms with Crippen LogP contribution in [-0.2, 0) is 27.1 Å². The molecule has 3 heterocycles. The van der Waals surface area contributed by atoms with Gasteiger partial charge in [-0.2, -0.15) is 0 Å². The zero-order valence-electron chi connectivity index (χ0n) is 27.4. The molecule has 1 aliphatic rings. The van der Waals surface area contributed by atoms with Gasteiger partial charge in [-0.15, -0.1) is 0 Å². The van der Waals surface area contributed by atoms with Crippen LogP contribution in [0.1, 0.15) is 35.1 Å². The van der Waals surface area contributed by atoms with Gasteiger partial charge in [0.25, 0.3) is 0 Å². The maximum atomic E-state index is 15.7. The van der Waals surface area contributed by atoms with Gasteiger partial charge in [-0.3, -0.25) is 18.9 Å². The highest BCUT2D eigenvalue weighted by Crippen LogP contribution is 2.40. The van der Waals surface area contributed by atoms with Crippen molar-refractivity contribution in [2.75, 3.05) is 12.9 Å². The number of aryl methyl sites for hydroxylation is 1. The van der Waals surface area contributed by atoms with E-state index in [-0.39, 0.29) is 41.2 Å². The number of nitrogens with zero attached hydrogens (tertiary/aromatic N) is 4. The number of likely N-dealkylation sites (tertiary alicyclic amines) is 1. The minimum Gasteiger partial charge on any atom is -0.480 e. The number of fused-ring (bicyclic) bond motifs is 1. The number of carbonyl (C=O) groups excluding carboxylic acids is 3. The fraction of sp³-hybridized carbons (Fsp3) is 0.250. The van der Waals surface area contributed by atoms with Crippen molar-refractivity contribution in [3.63, 3.8) is 0 Å². The number of halogens is 3. The lowest BCUT2D eigenvalue weighted by Gasteiger charge is -2.24. The molecule has 0 unspecified atom stereocenters. The molecular formula is C36H32ClF2N4O7P. The van der Waals surface area contributed by atoms with Crippen molar-refractivity contribution in [2.45, 2.75) is 45.4 Å². The molecule has 1 fully saturated rings. The lowest BCUT2D eigenvalue weighted by Crippen LogP contribution is -2.42. The van der Waals surface area contributed by atoms with Crippen LogP contribution in [0.5, 0.6) is 5.75 Å². The number of aromatic nitrogens is 3. The summed E-state index contributed by atoms with van der Waals surface area (Å²) in [6.07, 6.45) is 1.35. The van der Waals surface area contributed by atoms with Gasteiger partial charge in [0, 0.05) is 75.7 Å². The molecule has 2 aromatic heterocycles. The molecule has 15 heteroatoms. The number of benzene rings is 3. The van der Waals surface area contributed by atoms with Gasteiger partial charge in [-0.05, 0) is 31.5 Å². The minimum atomic E-state index is -4.61. The van der Waals surface area contributed by atoms with Gasteiger partial charge in [0.1, 0.15) is 30.1 Å². The Hall–Kier alpha value is -4.81. The van der Waals surface area contributed by atoms with Crippen molar-refractivity contribution in [2.24, 2.45) is 0 Å². The van der Waals surface area contributed by atoms with Crippen LogP contribution in [-0.4, -0.2) is 71.8 Å². The Kier molecular flexibility index (Phi) is 10.2. The number of ketones is 2. The third-order valence-electron chi connectivity index (χ3n) is 8.70. The summed E-state index contributed by atoms with van der Waals surface area (Å²) in [5, 5.41) is 0.736. The summed E-state index contributed by atoms with van der Waals surface area (Å²) in [4.78, 5) is 68.7. The van der Waals surface area contributed by atoms with E-state index in [0.29, 0.717) is 38.4 Å². The Morgan fingerprint density at radius 1 is 1.04 bits per heavy atom. The Morgan fingerprint density at radius 2 is 1.75 bits per heavy atom. The van der Waals surface area contributed by atoms with Crippen LogP contribution in [0.25, 0.3) is 33.2 Å². The maximum Gasteiger partial charge on any atom is 0.362 e. The highest BCUT2D eigenvalue weighted by Gasteiger charge is 2.40. The number of alkyl halides is 1. The van der Waals surface area contributed by atoms with Gasteiger partial charge in [0.05, 0.1) is 18.1 Å². The molecule has 51 heavy (non-hydrogen) atoms. The second-order valence-electron chi connectivity index (χ2n) is 12.3. The molecule has 0 spiro atoms. The zero-order valence-corrected chi connectivity index (χ0v) is 29.1. The Bertz CT molecular complexity index is 2220. The Morgan fingerprint density at radius 3 is 2.43 bits per heavy atom. The van der Waals surface area contributed by atoms with E-state index in [1.807, 2.05) is 0 Å². The quantitative estimate of drug-likeness (QED) is 0.117. The van der Waals surface area contributed by atoms with Crippen LogP contribution in [0, 0.1) is 12.7 Å². The van der Waals surface area contributed by atoms with Crippen LogP contribution in [0.3, 0.4) is 0 Å². The smallest absolute Gasteiger partial charge is 0.362 e. The summed E-state index contributed by atoms with van der Waals surface area (Å²) < 4.78 is 49.3. The third kappa shape index (κ3) is 7.77. The molecular weight excluding hydrogens is 705 g/mol. The second kappa shape index (κ2) is 14.4. The largest absolute Gasteiger partial charge is 0.480 e. The van der Waals surface area contributed by atoms with Crippen molar-refractivity contribution in [3.05, 3.63) is 101 Å². The third-order valence-corrected chi connectivity index (χ3v) is 9.49. The molecule has 5 aromatic rings. The van der Waals surface area contributed by atoms with Crippen LogP contribution in [0.4, 0.5) is 8.78 Å². The van der Waals surface area contributed by atoms with Crippen molar-refractivity contribution in [1.82, 2.24) is 19.4 Å². The van der Waals surface area contributed by atoms with E-state index in [1.54, 1.807) is 49.4 Å². The van der Waals surface area contributed by atoms with E-state index < -0.39 is 56.6 Å². The van der Waals surface area contributed by atoms with Crippen LogP contribution in [0.2, 0.25) is 5.02 Å². The van der Waals surface area contributed by atoms with Gasteiger partial charge in [-0.1, -0.05) is 48.0 Å². The van der Waals surface area contributed by atoms with Gasteiger partial charge in [0.2, 0.25) is 5.91 Å². The summed E-state index contributed by atoms with van der Waals surface area (Å²) in [7, 11) is -4.61. The Labute approximate surface area is 296 Å². The van der Waals surface area contributed by atoms with E-state index in [4.69, 9.17) is 16.3 Å². The first-order valence-corrected chi connectivity index (χ1v) is 18.0. The van der Waals surface area contributed by atoms with Crippen LogP contribution >= 0.6 is 19.2 Å². The number of amides is 1. The monoisotopic (exact) mass is 736 g/mol. The van der Waals surface area contributed by atoms with Gasteiger partial charge >= 0.3 is 7.60 Å². The lowest BCUT2D eigenvalue weighted by atomic mass is 9.97. The molecule has 264 valence electrons. The number of ether oxygens (including phenoxy) is 1. The van der Waals surface area contributed by atoms with Gasteiger partial charge < -0.3 is 24.0 Å². The highest BCUT2D eigenvalue weighted by atomic mass is 35.5. The number of hydrogen-bond acceptors (Lipinski definition) is 7. The number of hydrogen-bond donors (Lipinski definition) is 2. The molecule has 6 rings (SSSR count). The molecule has 3 aromatic carbocycles. The molecule has 0 bridgehead atoms. The summed E-state index contributed by atoms with van der Waals surface area (Å²) in [5.41, 5.74) is 2.07. The van der Waals surface area contributed by atoms with Crippen molar-refractivity contribution >= 4 is 47.6 Å². The standard InChI is InChI=1S/C36H32ClF2N4O7P/c1-20(44)29-17-42(31-13-34(50-19-51(47,48)49)27(12-28(29)31)23-14-40-21(2)41-15-23)18-35(46)43-16-24(38)11-32(43)33(45)10-22-6-5-8-26(36(22)39)25-7-3-4-9-30(25)37/h3-9,12-15,17,24,32H,10-11,16,18-19H2,1-2H3,(H2,47,48,49)/t24-,32+/m1/s1. The first-order valence-electron chi connectivity index (χ1n) is 15.8. The average Bonchev–Trinajstić information content (AvgIpc) is 3.65. The van der Waals surface area contributed by atoms with E-state index in [2.05, 4.69) is 9.97 Å². The number of rotatable bonds is 11. The zero-order chi connectivity index (χ0) is 36.6. The lowest BCUT2D eigenvalue weighted by molar-refractivity contribution is -0.137.